The van der Waals surface area contributed by atoms with Crippen LogP contribution in [0.15, 0.2) is 182 Å². The Bertz CT molecular complexity index is 3410. The molecule has 3 heterocycles. The van der Waals surface area contributed by atoms with Crippen molar-refractivity contribution in [2.75, 3.05) is 0 Å². The molecule has 5 heteroatoms. The maximum absolute atomic E-state index is 5.25. The van der Waals surface area contributed by atoms with E-state index in [1.165, 1.54) is 59.5 Å². The van der Waals surface area contributed by atoms with E-state index in [0.29, 0.717) is 17.5 Å². The van der Waals surface area contributed by atoms with Gasteiger partial charge in [0.1, 0.15) is 0 Å². The molecule has 11 aromatic rings. The van der Waals surface area contributed by atoms with Crippen molar-refractivity contribution in [3.8, 4) is 62.1 Å². The second kappa shape index (κ2) is 12.9. The van der Waals surface area contributed by atoms with Crippen molar-refractivity contribution in [3.63, 3.8) is 0 Å². The van der Waals surface area contributed by atoms with Crippen LogP contribution < -0.4 is 0 Å². The Hall–Kier alpha value is -7.21. The number of hydrogen-bond donors (Lipinski definition) is 0. The third-order valence-corrected chi connectivity index (χ3v) is 13.5. The molecule has 3 aromatic heterocycles. The predicted molar refractivity (Wildman–Crippen MR) is 246 cm³/mol. The molecule has 0 aliphatic heterocycles. The van der Waals surface area contributed by atoms with Gasteiger partial charge >= 0.3 is 0 Å². The summed E-state index contributed by atoms with van der Waals surface area (Å²) < 4.78 is 4.87. The van der Waals surface area contributed by atoms with Crippen molar-refractivity contribution >= 4 is 53.3 Å². The highest BCUT2D eigenvalue weighted by Crippen LogP contribution is 2.51. The number of para-hydroxylation sites is 2. The summed E-state index contributed by atoms with van der Waals surface area (Å²) in [4.78, 5) is 15.5. The maximum atomic E-state index is 5.25. The highest BCUT2D eigenvalue weighted by atomic mass is 32.1. The summed E-state index contributed by atoms with van der Waals surface area (Å²) in [5.74, 6) is 1.96. The number of benzene rings is 8. The molecule has 278 valence electrons. The lowest BCUT2D eigenvalue weighted by atomic mass is 9.82. The lowest BCUT2D eigenvalue weighted by Crippen LogP contribution is -2.15. The van der Waals surface area contributed by atoms with Crippen LogP contribution in [0, 0.1) is 0 Å². The number of rotatable bonds is 5. The fourth-order valence-electron chi connectivity index (χ4n) is 9.41. The van der Waals surface area contributed by atoms with Crippen LogP contribution in [0.5, 0.6) is 0 Å². The summed E-state index contributed by atoms with van der Waals surface area (Å²) in [7, 11) is 0. The normalized spacial score (nSPS) is 13.1. The highest BCUT2D eigenvalue weighted by Gasteiger charge is 2.36. The van der Waals surface area contributed by atoms with E-state index in [1.807, 2.05) is 36.4 Å². The van der Waals surface area contributed by atoms with Crippen LogP contribution in [0.3, 0.4) is 0 Å². The lowest BCUT2D eigenvalue weighted by Gasteiger charge is -2.22. The molecule has 59 heavy (non-hydrogen) atoms. The van der Waals surface area contributed by atoms with Gasteiger partial charge in [-0.1, -0.05) is 153 Å². The first-order valence-corrected chi connectivity index (χ1v) is 20.9. The molecule has 0 unspecified atom stereocenters. The molecule has 1 aliphatic rings. The Balaban J connectivity index is 1.13. The Morgan fingerprint density at radius 3 is 1.78 bits per heavy atom. The molecule has 1 aliphatic carbocycles. The van der Waals surface area contributed by atoms with Gasteiger partial charge in [0.2, 0.25) is 0 Å². The molecular weight excluding hydrogens is 737 g/mol. The predicted octanol–water partition coefficient (Wildman–Crippen LogP) is 14.3. The molecular formula is C54H36N4S. The van der Waals surface area contributed by atoms with Gasteiger partial charge in [0.15, 0.2) is 17.5 Å². The van der Waals surface area contributed by atoms with E-state index in [9.17, 15) is 0 Å². The fraction of sp³-hybridized carbons (Fsp3) is 0.0556. The van der Waals surface area contributed by atoms with Gasteiger partial charge in [0, 0.05) is 58.6 Å². The molecule has 0 atom stereocenters. The van der Waals surface area contributed by atoms with Gasteiger partial charge in [-0.05, 0) is 70.3 Å². The van der Waals surface area contributed by atoms with Crippen LogP contribution in [0.25, 0.3) is 104 Å². The number of fused-ring (bicyclic) bond motifs is 9. The van der Waals surface area contributed by atoms with Crippen LogP contribution in [0.2, 0.25) is 0 Å². The fourth-order valence-corrected chi connectivity index (χ4v) is 10.6. The average Bonchev–Trinajstić information content (AvgIpc) is 3.91. The Kier molecular flexibility index (Phi) is 7.41. The van der Waals surface area contributed by atoms with E-state index in [2.05, 4.69) is 164 Å². The molecule has 8 aromatic carbocycles. The topological polar surface area (TPSA) is 43.6 Å². The molecule has 0 N–H and O–H groups in total. The minimum absolute atomic E-state index is 0.122. The third-order valence-electron chi connectivity index (χ3n) is 12.3. The summed E-state index contributed by atoms with van der Waals surface area (Å²) >= 11 is 1.80. The van der Waals surface area contributed by atoms with Gasteiger partial charge in [-0.25, -0.2) is 15.0 Å². The van der Waals surface area contributed by atoms with Gasteiger partial charge in [-0.2, -0.15) is 0 Å². The zero-order valence-electron chi connectivity index (χ0n) is 32.5. The Labute approximate surface area is 345 Å². The Morgan fingerprint density at radius 2 is 1.02 bits per heavy atom. The van der Waals surface area contributed by atoms with Crippen molar-refractivity contribution in [2.45, 2.75) is 19.3 Å². The first-order chi connectivity index (χ1) is 29.0. The van der Waals surface area contributed by atoms with Crippen molar-refractivity contribution in [3.05, 3.63) is 193 Å². The van der Waals surface area contributed by atoms with Crippen molar-refractivity contribution in [2.24, 2.45) is 0 Å². The van der Waals surface area contributed by atoms with Crippen molar-refractivity contribution < 1.29 is 0 Å². The van der Waals surface area contributed by atoms with Crippen molar-refractivity contribution in [1.82, 2.24) is 19.5 Å². The van der Waals surface area contributed by atoms with E-state index in [1.54, 1.807) is 11.3 Å². The third kappa shape index (κ3) is 5.18. The molecule has 0 saturated heterocycles. The lowest BCUT2D eigenvalue weighted by molar-refractivity contribution is 0.661. The first kappa shape index (κ1) is 33.9. The molecule has 0 saturated carbocycles. The molecule has 0 fully saturated rings. The van der Waals surface area contributed by atoms with Crippen LogP contribution >= 0.6 is 11.3 Å². The zero-order valence-corrected chi connectivity index (χ0v) is 33.3. The first-order valence-electron chi connectivity index (χ1n) is 20.1. The van der Waals surface area contributed by atoms with Crippen LogP contribution in [-0.2, 0) is 5.41 Å². The van der Waals surface area contributed by atoms with Gasteiger partial charge in [0.05, 0.1) is 16.7 Å². The minimum Gasteiger partial charge on any atom is -0.309 e. The monoisotopic (exact) mass is 772 g/mol. The molecule has 0 radical (unpaired) electrons. The quantitative estimate of drug-likeness (QED) is 0.175. The molecule has 0 spiro atoms. The van der Waals surface area contributed by atoms with Crippen LogP contribution in [0.1, 0.15) is 25.0 Å². The highest BCUT2D eigenvalue weighted by molar-refractivity contribution is 7.26. The largest absolute Gasteiger partial charge is 0.309 e. The summed E-state index contributed by atoms with van der Waals surface area (Å²) in [5.41, 5.74) is 13.9. The minimum atomic E-state index is -0.122. The van der Waals surface area contributed by atoms with E-state index in [4.69, 9.17) is 15.0 Å². The van der Waals surface area contributed by atoms with Crippen LogP contribution in [0.4, 0.5) is 0 Å². The van der Waals surface area contributed by atoms with Gasteiger partial charge < -0.3 is 4.57 Å². The summed E-state index contributed by atoms with van der Waals surface area (Å²) in [6, 6.07) is 65.3. The average molecular weight is 773 g/mol. The van der Waals surface area contributed by atoms with E-state index in [-0.39, 0.29) is 5.41 Å². The van der Waals surface area contributed by atoms with E-state index < -0.39 is 0 Å². The molecule has 0 bridgehead atoms. The summed E-state index contributed by atoms with van der Waals surface area (Å²) in [6.07, 6.45) is 0. The zero-order chi connectivity index (χ0) is 39.2. The van der Waals surface area contributed by atoms with Gasteiger partial charge in [-0.3, -0.25) is 0 Å². The summed E-state index contributed by atoms with van der Waals surface area (Å²) in [5, 5.41) is 4.92. The maximum Gasteiger partial charge on any atom is 0.165 e. The van der Waals surface area contributed by atoms with Crippen molar-refractivity contribution in [1.29, 1.82) is 0 Å². The second-order valence-corrected chi connectivity index (χ2v) is 17.0. The number of thiophene rings is 1. The van der Waals surface area contributed by atoms with E-state index >= 15 is 0 Å². The number of nitrogens with zero attached hydrogens (tertiary/aromatic N) is 4. The van der Waals surface area contributed by atoms with Gasteiger partial charge in [0.25, 0.3) is 0 Å². The smallest absolute Gasteiger partial charge is 0.165 e. The van der Waals surface area contributed by atoms with Crippen LogP contribution in [-0.4, -0.2) is 19.5 Å². The molecule has 0 amide bonds. The number of hydrogen-bond acceptors (Lipinski definition) is 4. The summed E-state index contributed by atoms with van der Waals surface area (Å²) in [6.45, 7) is 4.72. The molecule has 4 nitrogen and oxygen atoms in total. The van der Waals surface area contributed by atoms with E-state index in [0.717, 1.165) is 38.2 Å². The Morgan fingerprint density at radius 1 is 0.407 bits per heavy atom. The second-order valence-electron chi connectivity index (χ2n) is 16.0. The SMILES string of the molecule is CC1(C)c2ccccc2-c2cc3c4ccccc4n(-c4ccccc4-c4cc(-c5nc(-c6ccccc6)nc(-c6ccccc6)n5)c5sc6ccccc6c5c4)c3cc21. The number of aromatic nitrogens is 4. The molecule has 12 rings (SSSR count). The van der Waals surface area contributed by atoms with Gasteiger partial charge in [-0.15, -0.1) is 11.3 Å². The standard InChI is InChI=1S/C54H36N4S/c1-54(2)44-25-13-9-22-37(44)40-31-41-38-23-11-15-27-47(38)58(48(41)32-45(40)54)46-26-14-10-21-36(46)35-29-42-39-24-12-16-28-49(39)59-50(42)43(30-35)53-56-51(33-17-5-3-6-18-33)55-52(57-53)34-19-7-4-8-20-34/h3-32H,1-2H3.